The van der Waals surface area contributed by atoms with Gasteiger partial charge in [0.25, 0.3) is 11.8 Å². The highest BCUT2D eigenvalue weighted by atomic mass is 19.4. The van der Waals surface area contributed by atoms with E-state index in [1.165, 1.54) is 31.2 Å². The van der Waals surface area contributed by atoms with Gasteiger partial charge in [0.05, 0.1) is 0 Å². The van der Waals surface area contributed by atoms with Crippen molar-refractivity contribution in [1.29, 1.82) is 0 Å². The fraction of sp³-hybridized carbons (Fsp3) is 0.400. The summed E-state index contributed by atoms with van der Waals surface area (Å²) in [5, 5.41) is 1.77. The van der Waals surface area contributed by atoms with E-state index in [1.54, 1.807) is 18.3 Å². The van der Waals surface area contributed by atoms with Gasteiger partial charge in [-0.1, -0.05) is 25.1 Å². The molecule has 1 heterocycles. The molecule has 5 nitrogen and oxygen atoms in total. The predicted molar refractivity (Wildman–Crippen MR) is 77.8 cm³/mol. The molecule has 1 aromatic carbocycles. The lowest BCUT2D eigenvalue weighted by Gasteiger charge is -2.29. The number of carbonyl (C=O) groups is 2. The lowest BCUT2D eigenvalue weighted by molar-refractivity contribution is -0.196. The lowest BCUT2D eigenvalue weighted by Crippen LogP contribution is -2.63. The van der Waals surface area contributed by atoms with Crippen LogP contribution in [0.15, 0.2) is 35.3 Å². The smallest absolute Gasteiger partial charge is 0.312 e. The summed E-state index contributed by atoms with van der Waals surface area (Å²) in [7, 11) is 0. The van der Waals surface area contributed by atoms with Gasteiger partial charge in [-0.25, -0.2) is 4.99 Å². The first-order valence-electron chi connectivity index (χ1n) is 7.05. The number of hydrogen-bond acceptors (Lipinski definition) is 3. The van der Waals surface area contributed by atoms with E-state index >= 15 is 0 Å². The topological polar surface area (TPSA) is 61.8 Å². The summed E-state index contributed by atoms with van der Waals surface area (Å²) >= 11 is 0. The van der Waals surface area contributed by atoms with Gasteiger partial charge in [-0.05, 0) is 25.5 Å². The van der Waals surface area contributed by atoms with Crippen LogP contribution in [0.5, 0.6) is 0 Å². The molecule has 1 atom stereocenters. The van der Waals surface area contributed by atoms with E-state index in [0.717, 1.165) is 4.90 Å². The summed E-state index contributed by atoms with van der Waals surface area (Å²) in [5.41, 5.74) is -3.25. The van der Waals surface area contributed by atoms with E-state index < -0.39 is 23.7 Å². The monoisotopic (exact) mass is 327 g/mol. The van der Waals surface area contributed by atoms with E-state index in [4.69, 9.17) is 0 Å². The summed E-state index contributed by atoms with van der Waals surface area (Å²) in [4.78, 5) is 28.9. The maximum atomic E-state index is 13.6. The highest BCUT2D eigenvalue weighted by Crippen LogP contribution is 2.37. The first-order valence-corrected chi connectivity index (χ1v) is 7.05. The van der Waals surface area contributed by atoms with Crippen LogP contribution in [0.3, 0.4) is 0 Å². The van der Waals surface area contributed by atoms with Gasteiger partial charge in [0, 0.05) is 12.1 Å². The molecule has 0 radical (unpaired) electrons. The van der Waals surface area contributed by atoms with Gasteiger partial charge < -0.3 is 5.32 Å². The highest BCUT2D eigenvalue weighted by Gasteiger charge is 2.66. The van der Waals surface area contributed by atoms with Crippen molar-refractivity contribution in [3.8, 4) is 0 Å². The molecule has 0 bridgehead atoms. The largest absolute Gasteiger partial charge is 0.442 e. The second-order valence-electron chi connectivity index (χ2n) is 5.14. The Kier molecular flexibility index (Phi) is 4.44. The third kappa shape index (κ3) is 2.93. The van der Waals surface area contributed by atoms with Crippen molar-refractivity contribution in [2.45, 2.75) is 32.1 Å². The molecule has 1 unspecified atom stereocenters. The molecular formula is C15H16F3N3O2. The molecule has 0 saturated carbocycles. The van der Waals surface area contributed by atoms with Gasteiger partial charge in [0.1, 0.15) is 5.84 Å². The van der Waals surface area contributed by atoms with Gasteiger partial charge in [-0.2, -0.15) is 13.2 Å². The van der Waals surface area contributed by atoms with Crippen LogP contribution in [-0.2, 0) is 4.79 Å². The van der Waals surface area contributed by atoms with Crippen LogP contribution >= 0.6 is 0 Å². The molecule has 0 fully saturated rings. The second kappa shape index (κ2) is 6.02. The zero-order valence-corrected chi connectivity index (χ0v) is 12.6. The number of hydrogen-bond donors (Lipinski definition) is 1. The van der Waals surface area contributed by atoms with Crippen molar-refractivity contribution in [1.82, 2.24) is 10.2 Å². The van der Waals surface area contributed by atoms with Crippen molar-refractivity contribution in [3.05, 3.63) is 35.9 Å². The van der Waals surface area contributed by atoms with E-state index in [-0.39, 0.29) is 17.9 Å². The number of alkyl halides is 3. The molecule has 2 rings (SSSR count). The first-order chi connectivity index (χ1) is 10.7. The first kappa shape index (κ1) is 17.0. The number of carbonyl (C=O) groups excluding carboxylic acids is 2. The van der Waals surface area contributed by atoms with Crippen molar-refractivity contribution in [2.75, 3.05) is 6.54 Å². The summed E-state index contributed by atoms with van der Waals surface area (Å²) in [6.45, 7) is 3.15. The fourth-order valence-corrected chi connectivity index (χ4v) is 2.34. The minimum Gasteiger partial charge on any atom is -0.312 e. The molecule has 8 heteroatoms. The Labute approximate surface area is 131 Å². The molecule has 124 valence electrons. The third-order valence-electron chi connectivity index (χ3n) is 3.46. The van der Waals surface area contributed by atoms with E-state index in [0.29, 0.717) is 6.42 Å². The van der Waals surface area contributed by atoms with Crippen molar-refractivity contribution in [3.63, 3.8) is 0 Å². The number of rotatable bonds is 4. The van der Waals surface area contributed by atoms with Gasteiger partial charge in [-0.15, -0.1) is 0 Å². The zero-order chi connectivity index (χ0) is 17.3. The van der Waals surface area contributed by atoms with E-state index in [1.807, 2.05) is 0 Å². The molecule has 2 amide bonds. The quantitative estimate of drug-likeness (QED) is 0.923. The Bertz CT molecular complexity index is 643. The normalized spacial score (nSPS) is 21.3. The molecule has 1 aromatic rings. The second-order valence-corrected chi connectivity index (χ2v) is 5.14. The van der Waals surface area contributed by atoms with Gasteiger partial charge in [0.2, 0.25) is 0 Å². The molecule has 1 aliphatic rings. The van der Waals surface area contributed by atoms with Crippen molar-refractivity contribution in [2.24, 2.45) is 4.99 Å². The number of amidine groups is 1. The maximum absolute atomic E-state index is 13.6. The van der Waals surface area contributed by atoms with Crippen LogP contribution in [0, 0.1) is 0 Å². The maximum Gasteiger partial charge on any atom is 0.442 e. The minimum atomic E-state index is -5.04. The van der Waals surface area contributed by atoms with Crippen LogP contribution in [-0.4, -0.2) is 40.9 Å². The molecular weight excluding hydrogens is 311 g/mol. The van der Waals surface area contributed by atoms with Crippen molar-refractivity contribution >= 4 is 17.6 Å². The lowest BCUT2D eigenvalue weighted by atomic mass is 10.1. The zero-order valence-electron chi connectivity index (χ0n) is 12.6. The highest BCUT2D eigenvalue weighted by molar-refractivity contribution is 6.10. The molecule has 0 spiro atoms. The number of amides is 2. The van der Waals surface area contributed by atoms with Crippen LogP contribution in [0.4, 0.5) is 13.2 Å². The minimum absolute atomic E-state index is 0.0192. The summed E-state index contributed by atoms with van der Waals surface area (Å²) in [6, 6.07) is 7.38. The van der Waals surface area contributed by atoms with Gasteiger partial charge in [-0.3, -0.25) is 14.5 Å². The van der Waals surface area contributed by atoms with Crippen LogP contribution in [0.1, 0.15) is 30.6 Å². The Morgan fingerprint density at radius 2 is 1.91 bits per heavy atom. The molecule has 0 aliphatic carbocycles. The average Bonchev–Trinajstić information content (AvgIpc) is 2.73. The predicted octanol–water partition coefficient (Wildman–Crippen LogP) is 2.35. The third-order valence-corrected chi connectivity index (χ3v) is 3.46. The number of halogens is 3. The average molecular weight is 327 g/mol. The van der Waals surface area contributed by atoms with Gasteiger partial charge >= 0.3 is 11.8 Å². The summed E-state index contributed by atoms with van der Waals surface area (Å²) in [5.74, 6) is -2.36. The van der Waals surface area contributed by atoms with E-state index in [2.05, 4.69) is 4.99 Å². The molecule has 23 heavy (non-hydrogen) atoms. The Morgan fingerprint density at radius 3 is 2.43 bits per heavy atom. The summed E-state index contributed by atoms with van der Waals surface area (Å²) in [6.07, 6.45) is -4.57. The molecule has 0 saturated heterocycles. The number of benzene rings is 1. The summed E-state index contributed by atoms with van der Waals surface area (Å²) < 4.78 is 40.7. The standard InChI is InChI=1S/C15H16F3N3O2/c1-3-9-21-10(2)19-14(13(21)23,15(16,17)18)20-12(22)11-7-5-4-6-8-11/h4-8H,3,9H2,1-2H3,(H,20,22). The van der Waals surface area contributed by atoms with Crippen LogP contribution in [0.2, 0.25) is 0 Å². The Morgan fingerprint density at radius 1 is 1.30 bits per heavy atom. The Hall–Kier alpha value is -2.38. The fourth-order valence-electron chi connectivity index (χ4n) is 2.34. The number of nitrogens with one attached hydrogen (secondary N) is 1. The van der Waals surface area contributed by atoms with Gasteiger partial charge in [0.15, 0.2) is 0 Å². The molecule has 1 N–H and O–H groups in total. The molecule has 1 aliphatic heterocycles. The molecule has 0 aromatic heterocycles. The van der Waals surface area contributed by atoms with E-state index in [9.17, 15) is 22.8 Å². The van der Waals surface area contributed by atoms with Crippen LogP contribution in [0.25, 0.3) is 0 Å². The number of nitrogens with zero attached hydrogens (tertiary/aromatic N) is 2. The SMILES string of the molecule is CCCN1C(=O)C(NC(=O)c2ccccc2)(C(F)(F)F)N=C1C. The van der Waals surface area contributed by atoms with Crippen molar-refractivity contribution < 1.29 is 22.8 Å². The number of aliphatic imine (C=N–C) groups is 1. The Balaban J connectivity index is 2.40. The van der Waals surface area contributed by atoms with Crippen LogP contribution < -0.4 is 5.32 Å².